The third-order valence-electron chi connectivity index (χ3n) is 3.15. The molecular formula is C15H17N3OS2. The Morgan fingerprint density at radius 1 is 1.29 bits per heavy atom. The summed E-state index contributed by atoms with van der Waals surface area (Å²) in [5, 5.41) is 6.10. The average Bonchev–Trinajstić information content (AvgIpc) is 3.15. The highest BCUT2D eigenvalue weighted by molar-refractivity contribution is 7.18. The minimum atomic E-state index is 0.609. The van der Waals surface area contributed by atoms with E-state index in [2.05, 4.69) is 45.8 Å². The zero-order valence-electron chi connectivity index (χ0n) is 12.0. The summed E-state index contributed by atoms with van der Waals surface area (Å²) in [6.45, 7) is 2.78. The first-order valence-electron chi connectivity index (χ1n) is 6.93. The van der Waals surface area contributed by atoms with E-state index in [1.54, 1.807) is 22.7 Å². The molecule has 0 aliphatic heterocycles. The molecule has 21 heavy (non-hydrogen) atoms. The van der Waals surface area contributed by atoms with Crippen molar-refractivity contribution in [1.82, 2.24) is 9.97 Å². The van der Waals surface area contributed by atoms with E-state index in [1.807, 2.05) is 7.05 Å². The fraction of sp³-hybridized carbons (Fsp3) is 0.333. The normalized spacial score (nSPS) is 11.0. The third-order valence-corrected chi connectivity index (χ3v) is 5.26. The summed E-state index contributed by atoms with van der Waals surface area (Å²) in [6, 6.07) is 6.33. The van der Waals surface area contributed by atoms with E-state index in [-0.39, 0.29) is 0 Å². The lowest BCUT2D eigenvalue weighted by Gasteiger charge is -2.07. The summed E-state index contributed by atoms with van der Waals surface area (Å²) in [7, 11) is 1.82. The van der Waals surface area contributed by atoms with Crippen LogP contribution in [0.25, 0.3) is 10.2 Å². The van der Waals surface area contributed by atoms with Gasteiger partial charge in [0.2, 0.25) is 11.8 Å². The van der Waals surface area contributed by atoms with E-state index in [4.69, 9.17) is 4.74 Å². The van der Waals surface area contributed by atoms with Crippen LogP contribution in [-0.4, -0.2) is 23.6 Å². The Morgan fingerprint density at radius 3 is 2.90 bits per heavy atom. The molecule has 1 N–H and O–H groups in total. The molecule has 110 valence electrons. The molecule has 0 radical (unpaired) electrons. The average molecular weight is 319 g/mol. The molecule has 0 bridgehead atoms. The number of ether oxygens (including phenoxy) is 1. The lowest BCUT2D eigenvalue weighted by molar-refractivity contribution is 0.315. The van der Waals surface area contributed by atoms with Crippen LogP contribution in [-0.2, 0) is 12.8 Å². The Balaban J connectivity index is 1.83. The highest BCUT2D eigenvalue weighted by Crippen LogP contribution is 2.31. The second-order valence-corrected chi connectivity index (χ2v) is 6.71. The van der Waals surface area contributed by atoms with Gasteiger partial charge in [-0.05, 0) is 23.9 Å². The molecule has 0 fully saturated rings. The molecule has 6 heteroatoms. The molecule has 4 nitrogen and oxygen atoms in total. The summed E-state index contributed by atoms with van der Waals surface area (Å²) in [4.78, 5) is 12.6. The van der Waals surface area contributed by atoms with Gasteiger partial charge in [0.05, 0.1) is 12.0 Å². The fourth-order valence-corrected chi connectivity index (χ4v) is 3.69. The van der Waals surface area contributed by atoms with Crippen LogP contribution < -0.4 is 10.1 Å². The number of nitrogens with zero attached hydrogens (tertiary/aromatic N) is 2. The molecule has 3 aromatic rings. The van der Waals surface area contributed by atoms with E-state index in [0.717, 1.165) is 23.1 Å². The summed E-state index contributed by atoms with van der Waals surface area (Å²) < 4.78 is 5.92. The standard InChI is InChI=1S/C15H17N3OS2/c1-3-10-9-12-13(17-15(16-2)18-14(12)21-10)19-7-6-11-5-4-8-20-11/h4-5,8-9H,3,6-7H2,1-2H3,(H,16,17,18). The lowest BCUT2D eigenvalue weighted by Crippen LogP contribution is -2.04. The van der Waals surface area contributed by atoms with E-state index in [9.17, 15) is 0 Å². The van der Waals surface area contributed by atoms with Gasteiger partial charge in [-0.2, -0.15) is 4.98 Å². The molecule has 3 heterocycles. The third kappa shape index (κ3) is 3.16. The first-order chi connectivity index (χ1) is 10.3. The largest absolute Gasteiger partial charge is 0.477 e. The fourth-order valence-electron chi connectivity index (χ4n) is 2.04. The maximum atomic E-state index is 5.92. The van der Waals surface area contributed by atoms with Gasteiger partial charge < -0.3 is 10.1 Å². The van der Waals surface area contributed by atoms with Gasteiger partial charge in [-0.25, -0.2) is 4.98 Å². The molecule has 0 unspecified atom stereocenters. The van der Waals surface area contributed by atoms with Crippen LogP contribution in [0.1, 0.15) is 16.7 Å². The number of fused-ring (bicyclic) bond motifs is 1. The summed E-state index contributed by atoms with van der Waals surface area (Å²) in [6.07, 6.45) is 1.91. The number of rotatable bonds is 6. The van der Waals surface area contributed by atoms with Crippen LogP contribution >= 0.6 is 22.7 Å². The Labute approximate surface area is 131 Å². The van der Waals surface area contributed by atoms with Crippen molar-refractivity contribution in [2.24, 2.45) is 0 Å². The van der Waals surface area contributed by atoms with Crippen molar-refractivity contribution in [3.63, 3.8) is 0 Å². The van der Waals surface area contributed by atoms with Gasteiger partial charge in [-0.1, -0.05) is 13.0 Å². The van der Waals surface area contributed by atoms with Crippen LogP contribution in [0.3, 0.4) is 0 Å². The molecule has 0 aliphatic rings. The molecule has 0 saturated carbocycles. The predicted molar refractivity (Wildman–Crippen MR) is 89.9 cm³/mol. The molecule has 3 aromatic heterocycles. The van der Waals surface area contributed by atoms with Crippen LogP contribution in [0, 0.1) is 0 Å². The summed E-state index contributed by atoms with van der Waals surface area (Å²) >= 11 is 3.46. The molecule has 0 atom stereocenters. The predicted octanol–water partition coefficient (Wildman–Crippen LogP) is 3.98. The smallest absolute Gasteiger partial charge is 0.227 e. The molecule has 0 aliphatic carbocycles. The SMILES string of the molecule is CCc1cc2c(OCCc3cccs3)nc(NC)nc2s1. The second kappa shape index (κ2) is 6.41. The van der Waals surface area contributed by atoms with Crippen LogP contribution in [0.2, 0.25) is 0 Å². The first kappa shape index (κ1) is 14.3. The van der Waals surface area contributed by atoms with Gasteiger partial charge in [0.15, 0.2) is 0 Å². The summed E-state index contributed by atoms with van der Waals surface area (Å²) in [5.74, 6) is 1.29. The van der Waals surface area contributed by atoms with Crippen molar-refractivity contribution in [1.29, 1.82) is 0 Å². The Morgan fingerprint density at radius 2 is 2.19 bits per heavy atom. The number of thiophene rings is 2. The maximum Gasteiger partial charge on any atom is 0.227 e. The number of aryl methyl sites for hydroxylation is 1. The van der Waals surface area contributed by atoms with Gasteiger partial charge >= 0.3 is 0 Å². The van der Waals surface area contributed by atoms with Gasteiger partial charge in [0, 0.05) is 23.2 Å². The zero-order chi connectivity index (χ0) is 14.7. The van der Waals surface area contributed by atoms with Crippen LogP contribution in [0.4, 0.5) is 5.95 Å². The first-order valence-corrected chi connectivity index (χ1v) is 8.63. The number of anilines is 1. The van der Waals surface area contributed by atoms with E-state index >= 15 is 0 Å². The monoisotopic (exact) mass is 319 g/mol. The van der Waals surface area contributed by atoms with Crippen molar-refractivity contribution in [3.05, 3.63) is 33.3 Å². The molecular weight excluding hydrogens is 302 g/mol. The molecule has 0 amide bonds. The highest BCUT2D eigenvalue weighted by Gasteiger charge is 2.12. The van der Waals surface area contributed by atoms with Crippen molar-refractivity contribution in [2.45, 2.75) is 19.8 Å². The lowest BCUT2D eigenvalue weighted by atomic mass is 10.3. The van der Waals surface area contributed by atoms with Gasteiger partial charge in [0.25, 0.3) is 0 Å². The Hall–Kier alpha value is -1.66. The van der Waals surface area contributed by atoms with E-state index in [0.29, 0.717) is 18.4 Å². The molecule has 3 rings (SSSR count). The minimum absolute atomic E-state index is 0.609. The molecule has 0 aromatic carbocycles. The van der Waals surface area contributed by atoms with Gasteiger partial charge in [-0.15, -0.1) is 22.7 Å². The van der Waals surface area contributed by atoms with Crippen LogP contribution in [0.5, 0.6) is 5.88 Å². The number of aromatic nitrogens is 2. The van der Waals surface area contributed by atoms with E-state index in [1.165, 1.54) is 9.75 Å². The topological polar surface area (TPSA) is 47.0 Å². The number of hydrogen-bond acceptors (Lipinski definition) is 6. The Bertz CT molecular complexity index is 722. The Kier molecular flexibility index (Phi) is 4.36. The minimum Gasteiger partial charge on any atom is -0.477 e. The van der Waals surface area contributed by atoms with Crippen molar-refractivity contribution < 1.29 is 4.74 Å². The van der Waals surface area contributed by atoms with Gasteiger partial charge in [-0.3, -0.25) is 0 Å². The quantitative estimate of drug-likeness (QED) is 0.746. The van der Waals surface area contributed by atoms with Crippen molar-refractivity contribution >= 4 is 38.8 Å². The number of nitrogens with one attached hydrogen (secondary N) is 1. The van der Waals surface area contributed by atoms with Crippen molar-refractivity contribution in [3.8, 4) is 5.88 Å². The second-order valence-electron chi connectivity index (χ2n) is 4.57. The van der Waals surface area contributed by atoms with E-state index < -0.39 is 0 Å². The van der Waals surface area contributed by atoms with Gasteiger partial charge in [0.1, 0.15) is 4.83 Å². The molecule has 0 saturated heterocycles. The zero-order valence-corrected chi connectivity index (χ0v) is 13.7. The molecule has 0 spiro atoms. The van der Waals surface area contributed by atoms with Crippen molar-refractivity contribution in [2.75, 3.05) is 19.0 Å². The highest BCUT2D eigenvalue weighted by atomic mass is 32.1. The summed E-state index contributed by atoms with van der Waals surface area (Å²) in [5.41, 5.74) is 0. The number of hydrogen-bond donors (Lipinski definition) is 1. The maximum absolute atomic E-state index is 5.92. The van der Waals surface area contributed by atoms with Crippen LogP contribution in [0.15, 0.2) is 23.6 Å².